The van der Waals surface area contributed by atoms with Crippen LogP contribution in [-0.4, -0.2) is 6.54 Å². The van der Waals surface area contributed by atoms with Crippen LogP contribution in [0.2, 0.25) is 0 Å². The Morgan fingerprint density at radius 3 is 2.60 bits per heavy atom. The van der Waals surface area contributed by atoms with Gasteiger partial charge in [0.05, 0.1) is 12.3 Å². The molecule has 0 saturated heterocycles. The minimum Gasteiger partial charge on any atom is -0.457 e. The molecule has 0 fully saturated rings. The lowest BCUT2D eigenvalue weighted by Crippen LogP contribution is -2.24. The Labute approximate surface area is 125 Å². The number of hydrogen-bond donors (Lipinski definition) is 1. The van der Waals surface area contributed by atoms with Crippen LogP contribution in [0.3, 0.4) is 0 Å². The molecule has 5 heteroatoms. The lowest BCUT2D eigenvalue weighted by atomic mass is 9.98. The molecule has 20 heavy (non-hydrogen) atoms. The summed E-state index contributed by atoms with van der Waals surface area (Å²) in [5.41, 5.74) is 1.63. The molecular weight excluding hydrogens is 328 g/mol. The molecule has 0 saturated carbocycles. The molecule has 1 aromatic carbocycles. The van der Waals surface area contributed by atoms with E-state index in [1.807, 2.05) is 6.92 Å². The molecule has 0 bridgehead atoms. The molecule has 0 radical (unpaired) electrons. The fourth-order valence-electron chi connectivity index (χ4n) is 2.09. The van der Waals surface area contributed by atoms with Crippen molar-refractivity contribution in [1.82, 2.24) is 5.32 Å². The summed E-state index contributed by atoms with van der Waals surface area (Å²) in [5, 5.41) is 3.26. The van der Waals surface area contributed by atoms with Crippen molar-refractivity contribution in [1.29, 1.82) is 0 Å². The highest BCUT2D eigenvalue weighted by Crippen LogP contribution is 2.32. The SMILES string of the molecule is CCCNC(c1cc(C)c(F)cc1F)c1ccoc1Br. The molecule has 0 amide bonds. The molecule has 1 aromatic heterocycles. The van der Waals surface area contributed by atoms with Crippen molar-refractivity contribution < 1.29 is 13.2 Å². The zero-order valence-corrected chi connectivity index (χ0v) is 12.9. The van der Waals surface area contributed by atoms with Gasteiger partial charge in [-0.1, -0.05) is 6.92 Å². The first-order valence-corrected chi connectivity index (χ1v) is 7.25. The molecule has 0 spiro atoms. The lowest BCUT2D eigenvalue weighted by Gasteiger charge is -2.19. The third-order valence-corrected chi connectivity index (χ3v) is 3.79. The van der Waals surface area contributed by atoms with Crippen molar-refractivity contribution >= 4 is 15.9 Å². The van der Waals surface area contributed by atoms with Crippen LogP contribution in [0.5, 0.6) is 0 Å². The summed E-state index contributed by atoms with van der Waals surface area (Å²) in [6.07, 6.45) is 2.45. The second-order valence-electron chi connectivity index (χ2n) is 4.66. The van der Waals surface area contributed by atoms with Crippen LogP contribution in [0.25, 0.3) is 0 Å². The second-order valence-corrected chi connectivity index (χ2v) is 5.38. The van der Waals surface area contributed by atoms with E-state index < -0.39 is 11.6 Å². The van der Waals surface area contributed by atoms with E-state index in [0.717, 1.165) is 24.6 Å². The highest BCUT2D eigenvalue weighted by atomic mass is 79.9. The van der Waals surface area contributed by atoms with Gasteiger partial charge in [-0.05, 0) is 53.5 Å². The van der Waals surface area contributed by atoms with Gasteiger partial charge in [0, 0.05) is 17.2 Å². The molecule has 0 aliphatic heterocycles. The topological polar surface area (TPSA) is 25.2 Å². The van der Waals surface area contributed by atoms with E-state index in [2.05, 4.69) is 21.2 Å². The Morgan fingerprint density at radius 2 is 2.00 bits per heavy atom. The summed E-state index contributed by atoms with van der Waals surface area (Å²) in [6.45, 7) is 4.37. The van der Waals surface area contributed by atoms with Crippen LogP contribution in [0.15, 0.2) is 33.5 Å². The monoisotopic (exact) mass is 343 g/mol. The lowest BCUT2D eigenvalue weighted by molar-refractivity contribution is 0.508. The van der Waals surface area contributed by atoms with Crippen LogP contribution in [0, 0.1) is 18.6 Å². The number of benzene rings is 1. The Balaban J connectivity index is 2.46. The number of halogens is 3. The van der Waals surface area contributed by atoms with Gasteiger partial charge in [0.2, 0.25) is 0 Å². The molecule has 0 aliphatic carbocycles. The summed E-state index contributed by atoms with van der Waals surface area (Å²) >= 11 is 3.31. The Hall–Kier alpha value is -1.20. The van der Waals surface area contributed by atoms with E-state index in [4.69, 9.17) is 4.42 Å². The molecule has 2 nitrogen and oxygen atoms in total. The van der Waals surface area contributed by atoms with Crippen LogP contribution >= 0.6 is 15.9 Å². The predicted octanol–water partition coefficient (Wildman–Crippen LogP) is 4.72. The smallest absolute Gasteiger partial charge is 0.174 e. The molecule has 1 atom stereocenters. The molecular formula is C15H16BrF2NO. The zero-order chi connectivity index (χ0) is 14.7. The normalized spacial score (nSPS) is 12.7. The minimum atomic E-state index is -0.560. The number of nitrogens with one attached hydrogen (secondary N) is 1. The van der Waals surface area contributed by atoms with E-state index in [0.29, 0.717) is 15.8 Å². The number of aryl methyl sites for hydroxylation is 1. The fourth-order valence-corrected chi connectivity index (χ4v) is 2.56. The van der Waals surface area contributed by atoms with E-state index in [1.165, 1.54) is 12.3 Å². The van der Waals surface area contributed by atoms with Gasteiger partial charge < -0.3 is 9.73 Å². The van der Waals surface area contributed by atoms with Crippen molar-refractivity contribution in [3.63, 3.8) is 0 Å². The van der Waals surface area contributed by atoms with Crippen molar-refractivity contribution in [2.24, 2.45) is 0 Å². The van der Waals surface area contributed by atoms with Crippen LogP contribution in [0.1, 0.15) is 36.1 Å². The zero-order valence-electron chi connectivity index (χ0n) is 11.3. The average Bonchev–Trinajstić information content (AvgIpc) is 2.82. The standard InChI is InChI=1S/C15H16BrF2NO/c1-3-5-19-14(10-4-6-20-15(10)16)11-7-9(2)12(17)8-13(11)18/h4,6-8,14,19H,3,5H2,1-2H3. The minimum absolute atomic E-state index is 0.373. The first-order valence-electron chi connectivity index (χ1n) is 6.46. The molecule has 1 heterocycles. The molecule has 108 valence electrons. The van der Waals surface area contributed by atoms with E-state index in [9.17, 15) is 8.78 Å². The summed E-state index contributed by atoms with van der Waals surface area (Å²) < 4.78 is 33.3. The third kappa shape index (κ3) is 3.10. The predicted molar refractivity (Wildman–Crippen MR) is 77.6 cm³/mol. The summed E-state index contributed by atoms with van der Waals surface area (Å²) in [4.78, 5) is 0. The highest BCUT2D eigenvalue weighted by Gasteiger charge is 2.22. The maximum absolute atomic E-state index is 14.1. The second kappa shape index (κ2) is 6.50. The van der Waals surface area contributed by atoms with Crippen molar-refractivity contribution in [3.05, 3.63) is 57.5 Å². The average molecular weight is 344 g/mol. The summed E-state index contributed by atoms with van der Waals surface area (Å²) in [7, 11) is 0. The van der Waals surface area contributed by atoms with Crippen LogP contribution in [-0.2, 0) is 0 Å². The van der Waals surface area contributed by atoms with Crippen LogP contribution < -0.4 is 5.32 Å². The van der Waals surface area contributed by atoms with Crippen molar-refractivity contribution in [2.45, 2.75) is 26.3 Å². The number of hydrogen-bond acceptors (Lipinski definition) is 2. The molecule has 1 unspecified atom stereocenters. The van der Waals surface area contributed by atoms with E-state index >= 15 is 0 Å². The van der Waals surface area contributed by atoms with Crippen molar-refractivity contribution in [3.8, 4) is 0 Å². The summed E-state index contributed by atoms with van der Waals surface area (Å²) in [6, 6.07) is 3.87. The van der Waals surface area contributed by atoms with E-state index in [1.54, 1.807) is 13.0 Å². The molecule has 2 rings (SSSR count). The van der Waals surface area contributed by atoms with Crippen molar-refractivity contribution in [2.75, 3.05) is 6.54 Å². The largest absolute Gasteiger partial charge is 0.457 e. The summed E-state index contributed by atoms with van der Waals surface area (Å²) in [5.74, 6) is -1.10. The first-order chi connectivity index (χ1) is 9.54. The molecule has 0 aliphatic rings. The van der Waals surface area contributed by atoms with Gasteiger partial charge in [-0.25, -0.2) is 8.78 Å². The van der Waals surface area contributed by atoms with Crippen LogP contribution in [0.4, 0.5) is 8.78 Å². The van der Waals surface area contributed by atoms with Gasteiger partial charge in [-0.2, -0.15) is 0 Å². The third-order valence-electron chi connectivity index (χ3n) is 3.14. The first kappa shape index (κ1) is 15.2. The van der Waals surface area contributed by atoms with Gasteiger partial charge in [-0.15, -0.1) is 0 Å². The number of rotatable bonds is 5. The van der Waals surface area contributed by atoms with Gasteiger partial charge >= 0.3 is 0 Å². The molecule has 1 N–H and O–H groups in total. The van der Waals surface area contributed by atoms with Gasteiger partial charge in [0.15, 0.2) is 4.67 Å². The maximum atomic E-state index is 14.1. The Bertz CT molecular complexity index is 598. The fraction of sp³-hybridized carbons (Fsp3) is 0.333. The number of furan rings is 1. The Kier molecular flexibility index (Phi) is 4.94. The molecule has 2 aromatic rings. The van der Waals surface area contributed by atoms with Gasteiger partial charge in [0.1, 0.15) is 11.6 Å². The Morgan fingerprint density at radius 1 is 1.25 bits per heavy atom. The van der Waals surface area contributed by atoms with Gasteiger partial charge in [-0.3, -0.25) is 0 Å². The van der Waals surface area contributed by atoms with Gasteiger partial charge in [0.25, 0.3) is 0 Å². The maximum Gasteiger partial charge on any atom is 0.174 e. The highest BCUT2D eigenvalue weighted by molar-refractivity contribution is 9.10. The van der Waals surface area contributed by atoms with E-state index in [-0.39, 0.29) is 6.04 Å². The quantitative estimate of drug-likeness (QED) is 0.849.